The van der Waals surface area contributed by atoms with E-state index in [-0.39, 0.29) is 18.4 Å². The van der Waals surface area contributed by atoms with Crippen LogP contribution in [-0.2, 0) is 23.2 Å². The van der Waals surface area contributed by atoms with Gasteiger partial charge >= 0.3 is 0 Å². The van der Waals surface area contributed by atoms with Gasteiger partial charge in [0.15, 0.2) is 0 Å². The lowest BCUT2D eigenvalue weighted by atomic mass is 10.1. The van der Waals surface area contributed by atoms with Gasteiger partial charge in [-0.3, -0.25) is 19.0 Å². The van der Waals surface area contributed by atoms with Gasteiger partial charge in [0.05, 0.1) is 25.2 Å². The first-order valence-corrected chi connectivity index (χ1v) is 8.91. The van der Waals surface area contributed by atoms with E-state index in [1.807, 2.05) is 0 Å². The van der Waals surface area contributed by atoms with Gasteiger partial charge in [-0.05, 0) is 31.3 Å². The van der Waals surface area contributed by atoms with Gasteiger partial charge in [0.1, 0.15) is 18.3 Å². The zero-order valence-electron chi connectivity index (χ0n) is 16.4. The molecule has 10 nitrogen and oxygen atoms in total. The summed E-state index contributed by atoms with van der Waals surface area (Å²) in [5.74, 6) is 0.226. The third kappa shape index (κ3) is 5.20. The van der Waals surface area contributed by atoms with Crippen molar-refractivity contribution in [3.63, 3.8) is 0 Å². The van der Waals surface area contributed by atoms with Crippen molar-refractivity contribution in [1.82, 2.24) is 24.9 Å². The SMILES string of the molecule is CNC(C(=O)Nc1cnn(CC(=O)Nc2ccc(OC)cc2)c1)c1cnn(C)c1. The zero-order chi connectivity index (χ0) is 20.8. The third-order valence-electron chi connectivity index (χ3n) is 4.19. The van der Waals surface area contributed by atoms with Crippen LogP contribution in [0.2, 0.25) is 0 Å². The van der Waals surface area contributed by atoms with E-state index in [2.05, 4.69) is 26.1 Å². The molecule has 0 saturated heterocycles. The molecule has 3 N–H and O–H groups in total. The van der Waals surface area contributed by atoms with Crippen LogP contribution in [0.3, 0.4) is 0 Å². The van der Waals surface area contributed by atoms with Crippen LogP contribution in [0.1, 0.15) is 11.6 Å². The van der Waals surface area contributed by atoms with Crippen LogP contribution < -0.4 is 20.7 Å². The Hall–Kier alpha value is -3.66. The summed E-state index contributed by atoms with van der Waals surface area (Å²) in [6.45, 7) is 0.0139. The van der Waals surface area contributed by atoms with Gasteiger partial charge in [-0.2, -0.15) is 10.2 Å². The Morgan fingerprint density at radius 3 is 2.45 bits per heavy atom. The highest BCUT2D eigenvalue weighted by atomic mass is 16.5. The van der Waals surface area contributed by atoms with Crippen molar-refractivity contribution in [2.45, 2.75) is 12.6 Å². The molecule has 2 aromatic heterocycles. The molecule has 3 rings (SSSR count). The van der Waals surface area contributed by atoms with E-state index in [1.165, 1.54) is 10.9 Å². The van der Waals surface area contributed by atoms with Crippen molar-refractivity contribution < 1.29 is 14.3 Å². The number of rotatable bonds is 8. The predicted molar refractivity (Wildman–Crippen MR) is 107 cm³/mol. The van der Waals surface area contributed by atoms with Crippen molar-refractivity contribution >= 4 is 23.2 Å². The highest BCUT2D eigenvalue weighted by Crippen LogP contribution is 2.16. The standard InChI is InChI=1S/C19H23N7O3/c1-20-18(13-8-21-25(2)10-13)19(28)24-15-9-22-26(11-15)12-17(27)23-14-4-6-16(29-3)7-5-14/h4-11,18,20H,12H2,1-3H3,(H,23,27)(H,24,28). The second-order valence-corrected chi connectivity index (χ2v) is 6.36. The second-order valence-electron chi connectivity index (χ2n) is 6.36. The molecule has 0 aliphatic carbocycles. The molecule has 10 heteroatoms. The molecule has 0 fully saturated rings. The fraction of sp³-hybridized carbons (Fsp3) is 0.263. The molecule has 29 heavy (non-hydrogen) atoms. The lowest BCUT2D eigenvalue weighted by Crippen LogP contribution is -2.30. The van der Waals surface area contributed by atoms with Crippen LogP contribution in [0.15, 0.2) is 49.1 Å². The molecule has 0 aliphatic rings. The molecule has 0 saturated carbocycles. The van der Waals surface area contributed by atoms with Gasteiger partial charge < -0.3 is 20.7 Å². The maximum absolute atomic E-state index is 12.5. The van der Waals surface area contributed by atoms with Crippen LogP contribution in [-0.4, -0.2) is 45.5 Å². The first kappa shape index (κ1) is 20.1. The zero-order valence-corrected chi connectivity index (χ0v) is 16.4. The van der Waals surface area contributed by atoms with Crippen LogP contribution >= 0.6 is 0 Å². The Morgan fingerprint density at radius 1 is 1.07 bits per heavy atom. The largest absolute Gasteiger partial charge is 0.497 e. The van der Waals surface area contributed by atoms with Crippen LogP contribution in [0.25, 0.3) is 0 Å². The first-order chi connectivity index (χ1) is 14.0. The van der Waals surface area contributed by atoms with Crippen molar-refractivity contribution in [3.8, 4) is 5.75 Å². The van der Waals surface area contributed by atoms with Crippen molar-refractivity contribution in [1.29, 1.82) is 0 Å². The monoisotopic (exact) mass is 397 g/mol. The number of carbonyl (C=O) groups excluding carboxylic acids is 2. The average Bonchev–Trinajstić information content (AvgIpc) is 3.32. The minimum atomic E-state index is -0.551. The maximum atomic E-state index is 12.5. The molecule has 0 aliphatic heterocycles. The van der Waals surface area contributed by atoms with E-state index in [1.54, 1.807) is 68.7 Å². The van der Waals surface area contributed by atoms with E-state index in [9.17, 15) is 9.59 Å². The number of hydrogen-bond acceptors (Lipinski definition) is 6. The van der Waals surface area contributed by atoms with Crippen LogP contribution in [0.5, 0.6) is 5.75 Å². The van der Waals surface area contributed by atoms with Crippen molar-refractivity contribution in [2.24, 2.45) is 7.05 Å². The summed E-state index contributed by atoms with van der Waals surface area (Å²) in [6.07, 6.45) is 6.50. The fourth-order valence-electron chi connectivity index (χ4n) is 2.79. The molecule has 1 unspecified atom stereocenters. The quantitative estimate of drug-likeness (QED) is 0.526. The molecule has 1 atom stereocenters. The van der Waals surface area contributed by atoms with Crippen molar-refractivity contribution in [3.05, 3.63) is 54.6 Å². The smallest absolute Gasteiger partial charge is 0.246 e. The number of nitrogens with one attached hydrogen (secondary N) is 3. The number of ether oxygens (including phenoxy) is 1. The minimum Gasteiger partial charge on any atom is -0.497 e. The summed E-state index contributed by atoms with van der Waals surface area (Å²) < 4.78 is 8.17. The van der Waals surface area contributed by atoms with Crippen LogP contribution in [0, 0.1) is 0 Å². The number of amides is 2. The predicted octanol–water partition coefficient (Wildman–Crippen LogP) is 1.16. The number of methoxy groups -OCH3 is 1. The molecule has 2 amide bonds. The number of aromatic nitrogens is 4. The molecule has 3 aromatic rings. The van der Waals surface area contributed by atoms with E-state index < -0.39 is 6.04 Å². The van der Waals surface area contributed by atoms with Gasteiger partial charge in [0.25, 0.3) is 0 Å². The summed E-state index contributed by atoms with van der Waals surface area (Å²) in [5.41, 5.74) is 1.90. The first-order valence-electron chi connectivity index (χ1n) is 8.91. The molecule has 0 bridgehead atoms. The van der Waals surface area contributed by atoms with Gasteiger partial charge in [-0.25, -0.2) is 0 Å². The summed E-state index contributed by atoms with van der Waals surface area (Å²) in [6, 6.07) is 6.48. The Bertz CT molecular complexity index is 978. The normalized spacial score (nSPS) is 11.7. The van der Waals surface area contributed by atoms with Gasteiger partial charge in [0.2, 0.25) is 11.8 Å². The molecule has 0 spiro atoms. The number of hydrogen-bond donors (Lipinski definition) is 3. The topological polar surface area (TPSA) is 115 Å². The lowest BCUT2D eigenvalue weighted by Gasteiger charge is -2.13. The van der Waals surface area contributed by atoms with E-state index in [0.29, 0.717) is 17.1 Å². The molecule has 152 valence electrons. The Labute approximate surface area is 167 Å². The summed E-state index contributed by atoms with van der Waals surface area (Å²) >= 11 is 0. The maximum Gasteiger partial charge on any atom is 0.246 e. The number of anilines is 2. The van der Waals surface area contributed by atoms with Gasteiger partial charge in [-0.1, -0.05) is 0 Å². The molecule has 0 radical (unpaired) electrons. The number of carbonyl (C=O) groups is 2. The summed E-state index contributed by atoms with van der Waals surface area (Å²) in [5, 5.41) is 16.7. The molecular weight excluding hydrogens is 374 g/mol. The van der Waals surface area contributed by atoms with E-state index in [4.69, 9.17) is 4.74 Å². The van der Waals surface area contributed by atoms with Crippen LogP contribution in [0.4, 0.5) is 11.4 Å². The molecular formula is C19H23N7O3. The average molecular weight is 397 g/mol. The van der Waals surface area contributed by atoms with Crippen molar-refractivity contribution in [2.75, 3.05) is 24.8 Å². The Kier molecular flexibility index (Phi) is 6.25. The Balaban J connectivity index is 1.56. The van der Waals surface area contributed by atoms with Gasteiger partial charge in [-0.15, -0.1) is 0 Å². The third-order valence-corrected chi connectivity index (χ3v) is 4.19. The van der Waals surface area contributed by atoms with E-state index >= 15 is 0 Å². The summed E-state index contributed by atoms with van der Waals surface area (Å²) in [7, 11) is 5.07. The lowest BCUT2D eigenvalue weighted by molar-refractivity contribution is -0.118. The fourth-order valence-corrected chi connectivity index (χ4v) is 2.79. The molecule has 1 aromatic carbocycles. The second kappa shape index (κ2) is 9.02. The van der Waals surface area contributed by atoms with Gasteiger partial charge in [0, 0.05) is 30.7 Å². The number of nitrogens with zero attached hydrogens (tertiary/aromatic N) is 4. The molecule has 2 heterocycles. The number of aryl methyl sites for hydroxylation is 1. The summed E-state index contributed by atoms with van der Waals surface area (Å²) in [4.78, 5) is 24.7. The van der Waals surface area contributed by atoms with E-state index in [0.717, 1.165) is 5.56 Å². The minimum absolute atomic E-state index is 0.0139. The number of likely N-dealkylation sites (N-methyl/N-ethyl adjacent to an activating group) is 1. The highest BCUT2D eigenvalue weighted by molar-refractivity contribution is 5.95. The highest BCUT2D eigenvalue weighted by Gasteiger charge is 2.20. The Morgan fingerprint density at radius 2 is 1.83 bits per heavy atom. The number of benzene rings is 1.